The summed E-state index contributed by atoms with van der Waals surface area (Å²) in [7, 11) is 0. The third-order valence-electron chi connectivity index (χ3n) is 3.23. The minimum Gasteiger partial charge on any atom is -0.394 e. The van der Waals surface area contributed by atoms with Crippen molar-refractivity contribution < 1.29 is 20.4 Å². The smallest absolute Gasteiger partial charge is 0.0897 e. The van der Waals surface area contributed by atoms with Crippen LogP contribution in [-0.4, -0.2) is 94.4 Å². The Labute approximate surface area is 127 Å². The normalized spacial score (nSPS) is 16.0. The van der Waals surface area contributed by atoms with Crippen molar-refractivity contribution in [1.82, 2.24) is 9.80 Å². The largest absolute Gasteiger partial charge is 0.394 e. The fourth-order valence-electron chi connectivity index (χ4n) is 2.18. The monoisotopic (exact) mass is 302 g/mol. The Morgan fingerprint density at radius 1 is 0.905 bits per heavy atom. The first-order chi connectivity index (χ1) is 9.98. The van der Waals surface area contributed by atoms with Gasteiger partial charge in [-0.2, -0.15) is 0 Å². The van der Waals surface area contributed by atoms with E-state index in [1.807, 2.05) is 16.7 Å². The molecule has 0 aliphatic heterocycles. The van der Waals surface area contributed by atoms with Gasteiger partial charge < -0.3 is 20.4 Å². The van der Waals surface area contributed by atoms with Gasteiger partial charge in [0.15, 0.2) is 0 Å². The molecule has 0 aromatic heterocycles. The maximum absolute atomic E-state index is 9.60. The van der Waals surface area contributed by atoms with E-state index < -0.39 is 12.2 Å². The molecule has 0 fully saturated rings. The van der Waals surface area contributed by atoms with Gasteiger partial charge in [0.1, 0.15) is 0 Å². The van der Waals surface area contributed by atoms with Crippen LogP contribution in [0, 0.1) is 0 Å². The molecule has 6 nitrogen and oxygen atoms in total. The fourth-order valence-corrected chi connectivity index (χ4v) is 2.18. The van der Waals surface area contributed by atoms with Gasteiger partial charge in [-0.25, -0.2) is 0 Å². The molecule has 0 aliphatic carbocycles. The predicted octanol–water partition coefficient (Wildman–Crippen LogP) is -0.943. The third kappa shape index (κ3) is 8.98. The van der Waals surface area contributed by atoms with Crippen molar-refractivity contribution in [3.05, 3.63) is 25.3 Å². The predicted molar refractivity (Wildman–Crippen MR) is 84.1 cm³/mol. The molecule has 0 aromatic carbocycles. The molecule has 21 heavy (non-hydrogen) atoms. The number of hydrogen-bond acceptors (Lipinski definition) is 6. The molecule has 0 spiro atoms. The van der Waals surface area contributed by atoms with E-state index in [0.717, 1.165) is 0 Å². The molecular formula is C15H30N2O4. The Morgan fingerprint density at radius 2 is 1.43 bits per heavy atom. The molecule has 0 heterocycles. The van der Waals surface area contributed by atoms with Crippen molar-refractivity contribution in [2.75, 3.05) is 45.9 Å². The molecule has 6 heteroatoms. The first-order valence-electron chi connectivity index (χ1n) is 7.24. The lowest BCUT2D eigenvalue weighted by molar-refractivity contribution is 0.0329. The van der Waals surface area contributed by atoms with Crippen molar-refractivity contribution in [2.24, 2.45) is 0 Å². The summed E-state index contributed by atoms with van der Waals surface area (Å²) in [6.45, 7) is 11.4. The minimum atomic E-state index is -0.789. The van der Waals surface area contributed by atoms with E-state index in [2.05, 4.69) is 13.2 Å². The second-order valence-electron chi connectivity index (χ2n) is 5.27. The van der Waals surface area contributed by atoms with Gasteiger partial charge >= 0.3 is 0 Å². The highest BCUT2D eigenvalue weighted by atomic mass is 16.3. The molecule has 0 aliphatic rings. The molecule has 124 valence electrons. The Hall–Kier alpha value is -0.760. The van der Waals surface area contributed by atoms with Crippen LogP contribution in [-0.2, 0) is 0 Å². The molecule has 3 unspecified atom stereocenters. The number of aliphatic hydroxyl groups is 4. The molecule has 4 N–H and O–H groups in total. The molecular weight excluding hydrogens is 272 g/mol. The summed E-state index contributed by atoms with van der Waals surface area (Å²) in [6.07, 6.45) is 1.93. The second-order valence-corrected chi connectivity index (χ2v) is 5.27. The lowest BCUT2D eigenvalue weighted by atomic mass is 10.2. The Kier molecular flexibility index (Phi) is 11.4. The van der Waals surface area contributed by atoms with Crippen LogP contribution in [0.5, 0.6) is 0 Å². The zero-order valence-electron chi connectivity index (χ0n) is 12.9. The fraction of sp³-hybridized carbons (Fsp3) is 0.733. The van der Waals surface area contributed by atoms with Crippen molar-refractivity contribution in [3.63, 3.8) is 0 Å². The third-order valence-corrected chi connectivity index (χ3v) is 3.23. The van der Waals surface area contributed by atoms with Gasteiger partial charge in [-0.3, -0.25) is 9.80 Å². The zero-order chi connectivity index (χ0) is 16.3. The Balaban J connectivity index is 4.60. The van der Waals surface area contributed by atoms with Gasteiger partial charge in [0.25, 0.3) is 0 Å². The van der Waals surface area contributed by atoms with E-state index in [1.165, 1.54) is 0 Å². The molecule has 0 bridgehead atoms. The summed E-state index contributed by atoms with van der Waals surface area (Å²) in [5, 5.41) is 37.1. The van der Waals surface area contributed by atoms with Gasteiger partial charge in [0.2, 0.25) is 0 Å². The van der Waals surface area contributed by atoms with Gasteiger partial charge in [-0.05, 0) is 6.92 Å². The average molecular weight is 302 g/mol. The second kappa shape index (κ2) is 11.9. The van der Waals surface area contributed by atoms with Gasteiger partial charge in [-0.15, -0.1) is 13.2 Å². The van der Waals surface area contributed by atoms with Crippen LogP contribution in [0.3, 0.4) is 0 Å². The van der Waals surface area contributed by atoms with E-state index in [4.69, 9.17) is 10.2 Å². The topological polar surface area (TPSA) is 87.4 Å². The lowest BCUT2D eigenvalue weighted by Gasteiger charge is -2.34. The number of aliphatic hydroxyl groups excluding tert-OH is 4. The van der Waals surface area contributed by atoms with Gasteiger partial charge in [0, 0.05) is 38.8 Å². The Bertz CT molecular complexity index is 289. The maximum atomic E-state index is 9.60. The number of nitrogens with zero attached hydrogens (tertiary/aromatic N) is 2. The highest BCUT2D eigenvalue weighted by molar-refractivity contribution is 4.83. The van der Waals surface area contributed by atoms with E-state index >= 15 is 0 Å². The summed E-state index contributed by atoms with van der Waals surface area (Å²) >= 11 is 0. The van der Waals surface area contributed by atoms with Crippen LogP contribution in [0.2, 0.25) is 0 Å². The minimum absolute atomic E-state index is 0.0926. The van der Waals surface area contributed by atoms with Gasteiger partial charge in [-0.1, -0.05) is 12.2 Å². The standard InChI is InChI=1S/C15H30N2O4/c1-4-6-16(9-14(20)11-18)8-13(3)17(7-5-2)10-15(21)12-19/h4-5,13-15,18-21H,1-2,6-12H2,3H3. The molecule has 0 saturated heterocycles. The van der Waals surface area contributed by atoms with Crippen LogP contribution in [0.25, 0.3) is 0 Å². The molecule has 0 aromatic rings. The summed E-state index contributed by atoms with van der Waals surface area (Å²) in [4.78, 5) is 4.00. The van der Waals surface area contributed by atoms with Crippen LogP contribution >= 0.6 is 0 Å². The first kappa shape index (κ1) is 20.2. The maximum Gasteiger partial charge on any atom is 0.0897 e. The van der Waals surface area contributed by atoms with E-state index in [9.17, 15) is 10.2 Å². The Morgan fingerprint density at radius 3 is 1.90 bits per heavy atom. The van der Waals surface area contributed by atoms with E-state index in [0.29, 0.717) is 32.7 Å². The SMILES string of the molecule is C=CCN(CC(O)CO)CC(C)N(CC=C)CC(O)CO. The quantitative estimate of drug-likeness (QED) is 0.328. The van der Waals surface area contributed by atoms with Gasteiger partial charge in [0.05, 0.1) is 25.4 Å². The zero-order valence-corrected chi connectivity index (χ0v) is 12.9. The van der Waals surface area contributed by atoms with Crippen LogP contribution in [0.15, 0.2) is 25.3 Å². The van der Waals surface area contributed by atoms with Crippen molar-refractivity contribution in [1.29, 1.82) is 0 Å². The highest BCUT2D eigenvalue weighted by Crippen LogP contribution is 2.05. The molecule has 3 atom stereocenters. The van der Waals surface area contributed by atoms with Crippen LogP contribution < -0.4 is 0 Å². The summed E-state index contributed by atoms with van der Waals surface area (Å²) in [5.74, 6) is 0. The van der Waals surface area contributed by atoms with Crippen molar-refractivity contribution in [2.45, 2.75) is 25.2 Å². The van der Waals surface area contributed by atoms with E-state index in [1.54, 1.807) is 12.2 Å². The van der Waals surface area contributed by atoms with Crippen LogP contribution in [0.4, 0.5) is 0 Å². The molecule has 0 saturated carbocycles. The number of hydrogen-bond donors (Lipinski definition) is 4. The van der Waals surface area contributed by atoms with Crippen LogP contribution in [0.1, 0.15) is 6.92 Å². The summed E-state index contributed by atoms with van der Waals surface area (Å²) < 4.78 is 0. The highest BCUT2D eigenvalue weighted by Gasteiger charge is 2.20. The summed E-state index contributed by atoms with van der Waals surface area (Å²) in [6, 6.07) is 0.0926. The van der Waals surface area contributed by atoms with Crippen molar-refractivity contribution >= 4 is 0 Å². The van der Waals surface area contributed by atoms with Crippen molar-refractivity contribution in [3.8, 4) is 0 Å². The summed E-state index contributed by atoms with van der Waals surface area (Å²) in [5.41, 5.74) is 0. The molecule has 0 amide bonds. The molecule has 0 radical (unpaired) electrons. The first-order valence-corrected chi connectivity index (χ1v) is 7.24. The lowest BCUT2D eigenvalue weighted by Crippen LogP contribution is -2.47. The molecule has 0 rings (SSSR count). The van der Waals surface area contributed by atoms with E-state index in [-0.39, 0.29) is 19.3 Å². The average Bonchev–Trinajstić information content (AvgIpc) is 2.46. The number of rotatable bonds is 13.